The third kappa shape index (κ3) is 2.75. The quantitative estimate of drug-likeness (QED) is 0.871. The number of carbonyl (C=O) groups excluding carboxylic acids is 1. The van der Waals surface area contributed by atoms with Crippen LogP contribution in [0.25, 0.3) is 10.2 Å². The zero-order chi connectivity index (χ0) is 17.8. The van der Waals surface area contributed by atoms with E-state index in [2.05, 4.69) is 15.6 Å². The Bertz CT molecular complexity index is 837. The van der Waals surface area contributed by atoms with Crippen LogP contribution in [0.1, 0.15) is 35.2 Å². The van der Waals surface area contributed by atoms with Gasteiger partial charge >= 0.3 is 6.18 Å². The van der Waals surface area contributed by atoms with Crippen LogP contribution in [-0.4, -0.2) is 36.1 Å². The minimum atomic E-state index is -4.54. The van der Waals surface area contributed by atoms with Crippen molar-refractivity contribution in [3.8, 4) is 5.88 Å². The number of ether oxygens (including phenoxy) is 1. The van der Waals surface area contributed by atoms with E-state index >= 15 is 0 Å². The first-order valence-electron chi connectivity index (χ1n) is 7.94. The summed E-state index contributed by atoms with van der Waals surface area (Å²) in [5.41, 5.74) is -0.547. The highest BCUT2D eigenvalue weighted by atomic mass is 32.1. The molecular formula is C16H16F3N3O2S. The molecule has 1 saturated heterocycles. The van der Waals surface area contributed by atoms with Gasteiger partial charge in [-0.2, -0.15) is 13.2 Å². The molecule has 0 aromatic carbocycles. The van der Waals surface area contributed by atoms with Crippen molar-refractivity contribution in [2.24, 2.45) is 0 Å². The number of carbonyl (C=O) groups is 1. The molecule has 0 atom stereocenters. The molecule has 2 aromatic heterocycles. The highest BCUT2D eigenvalue weighted by molar-refractivity contribution is 7.17. The summed E-state index contributed by atoms with van der Waals surface area (Å²) in [4.78, 5) is 16.1. The van der Waals surface area contributed by atoms with Crippen molar-refractivity contribution in [2.75, 3.05) is 13.6 Å². The number of rotatable bonds is 3. The number of thiophene rings is 1. The Labute approximate surface area is 145 Å². The first-order valence-corrected chi connectivity index (χ1v) is 8.82. The van der Waals surface area contributed by atoms with Gasteiger partial charge in [-0.25, -0.2) is 4.98 Å². The van der Waals surface area contributed by atoms with E-state index in [4.69, 9.17) is 4.74 Å². The fourth-order valence-corrected chi connectivity index (χ4v) is 4.47. The summed E-state index contributed by atoms with van der Waals surface area (Å²) in [6.07, 6.45) is -2.10. The molecule has 0 radical (unpaired) electrons. The molecule has 2 aromatic rings. The fraction of sp³-hybridized carbons (Fsp3) is 0.500. The summed E-state index contributed by atoms with van der Waals surface area (Å²) in [7, 11) is 1.43. The molecule has 2 fully saturated rings. The second-order valence-corrected chi connectivity index (χ2v) is 7.40. The number of hydrogen-bond acceptors (Lipinski definition) is 5. The summed E-state index contributed by atoms with van der Waals surface area (Å²) < 4.78 is 45.9. The van der Waals surface area contributed by atoms with Gasteiger partial charge in [0.25, 0.3) is 5.91 Å². The van der Waals surface area contributed by atoms with E-state index in [1.54, 1.807) is 0 Å². The van der Waals surface area contributed by atoms with E-state index in [0.29, 0.717) is 0 Å². The molecule has 0 bridgehead atoms. The maximum Gasteiger partial charge on any atom is 0.418 e. The Morgan fingerprint density at radius 1 is 1.48 bits per heavy atom. The molecule has 1 aliphatic carbocycles. The van der Waals surface area contributed by atoms with Crippen LogP contribution in [0.4, 0.5) is 13.2 Å². The van der Waals surface area contributed by atoms with Crippen LogP contribution in [0.3, 0.4) is 0 Å². The lowest BCUT2D eigenvalue weighted by molar-refractivity contribution is -0.136. The monoisotopic (exact) mass is 371 g/mol. The molecule has 134 valence electrons. The first-order chi connectivity index (χ1) is 11.8. The number of fused-ring (bicyclic) bond motifs is 1. The molecule has 3 heterocycles. The maximum absolute atomic E-state index is 13.4. The topological polar surface area (TPSA) is 63.2 Å². The van der Waals surface area contributed by atoms with Gasteiger partial charge in [0.2, 0.25) is 5.88 Å². The maximum atomic E-state index is 13.4. The van der Waals surface area contributed by atoms with Crippen LogP contribution in [0, 0.1) is 0 Å². The van der Waals surface area contributed by atoms with Crippen molar-refractivity contribution >= 4 is 27.5 Å². The van der Waals surface area contributed by atoms with E-state index in [0.717, 1.165) is 43.2 Å². The highest BCUT2D eigenvalue weighted by Crippen LogP contribution is 2.44. The van der Waals surface area contributed by atoms with Gasteiger partial charge in [-0.05, 0) is 13.0 Å². The summed E-state index contributed by atoms with van der Waals surface area (Å²) in [6.45, 7) is 0.972. The van der Waals surface area contributed by atoms with E-state index in [1.807, 2.05) is 0 Å². The SMILES string of the molecule is CNC(=O)c1csc2c(C(F)(F)F)cc(OC3CC4(CCN4)C3)nc12. The number of nitrogens with one attached hydrogen (secondary N) is 2. The number of alkyl halides is 3. The molecule has 2 aliphatic rings. The van der Waals surface area contributed by atoms with Crippen LogP contribution >= 0.6 is 11.3 Å². The minimum Gasteiger partial charge on any atom is -0.474 e. The largest absolute Gasteiger partial charge is 0.474 e. The van der Waals surface area contributed by atoms with Crippen molar-refractivity contribution in [3.05, 3.63) is 22.6 Å². The number of aromatic nitrogens is 1. The molecular weight excluding hydrogens is 355 g/mol. The molecule has 1 saturated carbocycles. The molecule has 2 N–H and O–H groups in total. The van der Waals surface area contributed by atoms with Gasteiger partial charge in [-0.1, -0.05) is 0 Å². The third-order valence-electron chi connectivity index (χ3n) is 4.90. The number of amides is 1. The average Bonchev–Trinajstić information content (AvgIpc) is 2.89. The molecule has 0 unspecified atom stereocenters. The lowest BCUT2D eigenvalue weighted by Crippen LogP contribution is -2.67. The van der Waals surface area contributed by atoms with E-state index in [1.165, 1.54) is 12.4 Å². The van der Waals surface area contributed by atoms with Crippen LogP contribution in [-0.2, 0) is 6.18 Å². The van der Waals surface area contributed by atoms with Crippen molar-refractivity contribution in [1.82, 2.24) is 15.6 Å². The van der Waals surface area contributed by atoms with Gasteiger partial charge in [0, 0.05) is 36.9 Å². The van der Waals surface area contributed by atoms with Gasteiger partial charge in [0.1, 0.15) is 6.10 Å². The van der Waals surface area contributed by atoms with Crippen LogP contribution in [0.5, 0.6) is 5.88 Å². The predicted molar refractivity (Wildman–Crippen MR) is 87.0 cm³/mol. The van der Waals surface area contributed by atoms with Gasteiger partial charge < -0.3 is 15.4 Å². The molecule has 9 heteroatoms. The smallest absolute Gasteiger partial charge is 0.418 e. The van der Waals surface area contributed by atoms with Crippen molar-refractivity contribution in [1.29, 1.82) is 0 Å². The van der Waals surface area contributed by atoms with Crippen molar-refractivity contribution in [3.63, 3.8) is 0 Å². The molecule has 1 spiro atoms. The highest BCUT2D eigenvalue weighted by Gasteiger charge is 2.49. The molecule has 25 heavy (non-hydrogen) atoms. The van der Waals surface area contributed by atoms with Crippen LogP contribution < -0.4 is 15.4 Å². The number of nitrogens with zero attached hydrogens (tertiary/aromatic N) is 1. The molecule has 1 aliphatic heterocycles. The Morgan fingerprint density at radius 2 is 2.20 bits per heavy atom. The lowest BCUT2D eigenvalue weighted by Gasteiger charge is -2.54. The molecule has 5 nitrogen and oxygen atoms in total. The minimum absolute atomic E-state index is 0.0324. The summed E-state index contributed by atoms with van der Waals surface area (Å²) in [5, 5.41) is 7.15. The Kier molecular flexibility index (Phi) is 3.69. The predicted octanol–water partition coefficient (Wildman–Crippen LogP) is 2.95. The van der Waals surface area contributed by atoms with Crippen molar-refractivity contribution in [2.45, 2.75) is 37.1 Å². The standard InChI is InChI=1S/C16H16F3N3O2S/c1-20-14(23)9-7-25-13-10(16(17,18)19)4-11(22-12(9)13)24-8-5-15(6-8)2-3-21-15/h4,7-8,21H,2-3,5-6H2,1H3,(H,20,23). The Balaban J connectivity index is 1.70. The molecule has 1 amide bonds. The number of pyridine rings is 1. The number of hydrogen-bond donors (Lipinski definition) is 2. The lowest BCUT2D eigenvalue weighted by atomic mass is 9.68. The van der Waals surface area contributed by atoms with E-state index in [-0.39, 0.29) is 33.3 Å². The van der Waals surface area contributed by atoms with Crippen LogP contribution in [0.2, 0.25) is 0 Å². The Hall–Kier alpha value is -1.87. The first kappa shape index (κ1) is 16.6. The second kappa shape index (κ2) is 5.57. The normalized spacial score (nSPS) is 25.5. The summed E-state index contributed by atoms with van der Waals surface area (Å²) in [6, 6.07) is 0.936. The summed E-state index contributed by atoms with van der Waals surface area (Å²) >= 11 is 0.862. The van der Waals surface area contributed by atoms with Crippen molar-refractivity contribution < 1.29 is 22.7 Å². The Morgan fingerprint density at radius 3 is 2.76 bits per heavy atom. The molecule has 4 rings (SSSR count). The van der Waals surface area contributed by atoms with Gasteiger partial charge in [0.05, 0.1) is 21.3 Å². The van der Waals surface area contributed by atoms with Crippen LogP contribution in [0.15, 0.2) is 11.4 Å². The van der Waals surface area contributed by atoms with E-state index in [9.17, 15) is 18.0 Å². The second-order valence-electron chi connectivity index (χ2n) is 6.52. The zero-order valence-electron chi connectivity index (χ0n) is 13.4. The van der Waals surface area contributed by atoms with Gasteiger partial charge in [-0.15, -0.1) is 11.3 Å². The number of halogens is 3. The zero-order valence-corrected chi connectivity index (χ0v) is 14.2. The van der Waals surface area contributed by atoms with E-state index < -0.39 is 17.6 Å². The fourth-order valence-electron chi connectivity index (χ4n) is 3.44. The third-order valence-corrected chi connectivity index (χ3v) is 5.91. The van der Waals surface area contributed by atoms with Gasteiger partial charge in [0.15, 0.2) is 0 Å². The van der Waals surface area contributed by atoms with Gasteiger partial charge in [-0.3, -0.25) is 4.79 Å². The average molecular weight is 371 g/mol. The summed E-state index contributed by atoms with van der Waals surface area (Å²) in [5.74, 6) is -0.548.